The molecule has 0 saturated carbocycles. The molecule has 1 N–H and O–H groups in total. The molecule has 0 fully saturated rings. The van der Waals surface area contributed by atoms with Crippen molar-refractivity contribution < 1.29 is 8.42 Å². The standard InChI is InChI=1S/C25H23ClN2O2S/c1-16-10-12-18(13-11-16)25-24-20(19-6-3-4-8-22(19)27-24)14-15-28(25)31(29,30)23-9-5-7-21(26)17(23)2/h3-13,25,27H,14-15H2,1-2H3/t25-/m1/s1. The molecule has 3 aromatic carbocycles. The summed E-state index contributed by atoms with van der Waals surface area (Å²) in [5.74, 6) is 0. The lowest BCUT2D eigenvalue weighted by atomic mass is 9.94. The maximum Gasteiger partial charge on any atom is 0.244 e. The van der Waals surface area contributed by atoms with Crippen molar-refractivity contribution in [1.82, 2.24) is 9.29 Å². The van der Waals surface area contributed by atoms with Gasteiger partial charge in [-0.3, -0.25) is 0 Å². The minimum absolute atomic E-state index is 0.261. The quantitative estimate of drug-likeness (QED) is 0.430. The van der Waals surface area contributed by atoms with Gasteiger partial charge in [-0.2, -0.15) is 4.31 Å². The third-order valence-corrected chi connectivity index (χ3v) is 8.61. The summed E-state index contributed by atoms with van der Waals surface area (Å²) in [5, 5.41) is 1.61. The van der Waals surface area contributed by atoms with Gasteiger partial charge in [-0.15, -0.1) is 0 Å². The Labute approximate surface area is 187 Å². The van der Waals surface area contributed by atoms with Crippen LogP contribution in [0.15, 0.2) is 71.6 Å². The molecule has 31 heavy (non-hydrogen) atoms. The van der Waals surface area contributed by atoms with E-state index >= 15 is 0 Å². The zero-order valence-corrected chi connectivity index (χ0v) is 19.0. The van der Waals surface area contributed by atoms with Crippen molar-refractivity contribution in [2.75, 3.05) is 6.54 Å². The molecule has 5 rings (SSSR count). The summed E-state index contributed by atoms with van der Waals surface area (Å²) in [5.41, 5.74) is 5.82. The monoisotopic (exact) mass is 450 g/mol. The maximum absolute atomic E-state index is 13.9. The van der Waals surface area contributed by atoms with Gasteiger partial charge in [-0.1, -0.05) is 65.7 Å². The van der Waals surface area contributed by atoms with Gasteiger partial charge in [0.15, 0.2) is 0 Å². The van der Waals surface area contributed by atoms with Crippen LogP contribution in [0.4, 0.5) is 0 Å². The molecular weight excluding hydrogens is 428 g/mol. The van der Waals surface area contributed by atoms with E-state index in [9.17, 15) is 8.42 Å². The van der Waals surface area contributed by atoms with Crippen LogP contribution in [0, 0.1) is 13.8 Å². The normalized spacial score (nSPS) is 17.1. The summed E-state index contributed by atoms with van der Waals surface area (Å²) < 4.78 is 29.4. The number of fused-ring (bicyclic) bond motifs is 3. The SMILES string of the molecule is Cc1ccc([C@@H]2c3[nH]c4ccccc4c3CCN2S(=O)(=O)c2cccc(Cl)c2C)cc1. The van der Waals surface area contributed by atoms with Gasteiger partial charge in [-0.05, 0) is 55.2 Å². The van der Waals surface area contributed by atoms with Crippen molar-refractivity contribution in [3.8, 4) is 0 Å². The first-order chi connectivity index (χ1) is 14.9. The van der Waals surface area contributed by atoms with Gasteiger partial charge in [0.05, 0.1) is 10.9 Å². The molecule has 0 bridgehead atoms. The van der Waals surface area contributed by atoms with Crippen LogP contribution >= 0.6 is 11.6 Å². The van der Waals surface area contributed by atoms with Crippen LogP contribution in [-0.2, 0) is 16.4 Å². The molecule has 1 aromatic heterocycles. The number of aromatic amines is 1. The molecule has 1 atom stereocenters. The van der Waals surface area contributed by atoms with E-state index in [0.717, 1.165) is 27.7 Å². The highest BCUT2D eigenvalue weighted by Gasteiger charge is 2.39. The Bertz CT molecular complexity index is 1390. The van der Waals surface area contributed by atoms with E-state index in [2.05, 4.69) is 11.1 Å². The van der Waals surface area contributed by atoms with E-state index in [4.69, 9.17) is 11.6 Å². The van der Waals surface area contributed by atoms with Crippen molar-refractivity contribution in [1.29, 1.82) is 0 Å². The third kappa shape index (κ3) is 3.28. The number of hydrogen-bond acceptors (Lipinski definition) is 2. The van der Waals surface area contributed by atoms with Gasteiger partial charge < -0.3 is 4.98 Å². The predicted molar refractivity (Wildman–Crippen MR) is 125 cm³/mol. The highest BCUT2D eigenvalue weighted by Crippen LogP contribution is 2.41. The second kappa shape index (κ2) is 7.52. The Morgan fingerprint density at radius 1 is 0.968 bits per heavy atom. The molecule has 2 heterocycles. The third-order valence-electron chi connectivity index (χ3n) is 6.19. The molecule has 6 heteroatoms. The highest BCUT2D eigenvalue weighted by atomic mass is 35.5. The van der Waals surface area contributed by atoms with Crippen molar-refractivity contribution in [2.24, 2.45) is 0 Å². The molecule has 4 nitrogen and oxygen atoms in total. The predicted octanol–water partition coefficient (Wildman–Crippen LogP) is 5.77. The van der Waals surface area contributed by atoms with Crippen LogP contribution < -0.4 is 0 Å². The van der Waals surface area contributed by atoms with Crippen molar-refractivity contribution >= 4 is 32.5 Å². The summed E-state index contributed by atoms with van der Waals surface area (Å²) in [7, 11) is -3.77. The number of hydrogen-bond donors (Lipinski definition) is 1. The van der Waals surface area contributed by atoms with E-state index in [1.165, 1.54) is 5.56 Å². The number of para-hydroxylation sites is 1. The molecule has 0 saturated heterocycles. The number of nitrogens with one attached hydrogen (secondary N) is 1. The molecule has 1 aliphatic rings. The molecule has 4 aromatic rings. The fourth-order valence-electron chi connectivity index (χ4n) is 4.55. The average Bonchev–Trinajstić information content (AvgIpc) is 3.14. The molecular formula is C25H23ClN2O2S. The summed E-state index contributed by atoms with van der Waals surface area (Å²) in [4.78, 5) is 3.79. The lowest BCUT2D eigenvalue weighted by Crippen LogP contribution is -2.40. The number of nitrogens with zero attached hydrogens (tertiary/aromatic N) is 1. The summed E-state index contributed by atoms with van der Waals surface area (Å²) >= 11 is 6.27. The number of aromatic nitrogens is 1. The molecule has 1 aliphatic heterocycles. The Balaban J connectivity index is 1.73. The Morgan fingerprint density at radius 3 is 2.48 bits per heavy atom. The Kier molecular flexibility index (Phi) is 4.93. The minimum atomic E-state index is -3.77. The van der Waals surface area contributed by atoms with Gasteiger partial charge in [0.1, 0.15) is 0 Å². The van der Waals surface area contributed by atoms with Crippen molar-refractivity contribution in [3.63, 3.8) is 0 Å². The van der Waals surface area contributed by atoms with Crippen LogP contribution in [0.2, 0.25) is 5.02 Å². The largest absolute Gasteiger partial charge is 0.357 e. The van der Waals surface area contributed by atoms with Gasteiger partial charge in [0, 0.05) is 28.2 Å². The Morgan fingerprint density at radius 2 is 1.71 bits per heavy atom. The molecule has 0 amide bonds. The number of sulfonamides is 1. The number of rotatable bonds is 3. The number of aryl methyl sites for hydroxylation is 1. The topological polar surface area (TPSA) is 53.2 Å². The van der Waals surface area contributed by atoms with Crippen LogP contribution in [0.25, 0.3) is 10.9 Å². The van der Waals surface area contributed by atoms with Gasteiger partial charge in [0.2, 0.25) is 10.0 Å². The lowest BCUT2D eigenvalue weighted by Gasteiger charge is -2.35. The second-order valence-corrected chi connectivity index (χ2v) is 10.4. The molecule has 0 unspecified atom stereocenters. The van der Waals surface area contributed by atoms with E-state index in [1.54, 1.807) is 29.4 Å². The molecule has 0 radical (unpaired) electrons. The van der Waals surface area contributed by atoms with E-state index in [0.29, 0.717) is 23.6 Å². The van der Waals surface area contributed by atoms with Crippen LogP contribution in [0.5, 0.6) is 0 Å². The zero-order chi connectivity index (χ0) is 21.8. The van der Waals surface area contributed by atoms with Crippen LogP contribution in [-0.4, -0.2) is 24.3 Å². The summed E-state index contributed by atoms with van der Waals surface area (Å²) in [6, 6.07) is 20.9. The van der Waals surface area contributed by atoms with Gasteiger partial charge in [-0.25, -0.2) is 8.42 Å². The summed E-state index contributed by atoms with van der Waals surface area (Å²) in [6.07, 6.45) is 0.653. The summed E-state index contributed by atoms with van der Waals surface area (Å²) in [6.45, 7) is 4.19. The molecule has 0 spiro atoms. The van der Waals surface area contributed by atoms with Gasteiger partial charge >= 0.3 is 0 Å². The van der Waals surface area contributed by atoms with E-state index in [1.807, 2.05) is 49.4 Å². The maximum atomic E-state index is 13.9. The van der Waals surface area contributed by atoms with E-state index in [-0.39, 0.29) is 4.90 Å². The fourth-order valence-corrected chi connectivity index (χ4v) is 6.62. The molecule has 0 aliphatic carbocycles. The zero-order valence-electron chi connectivity index (χ0n) is 17.4. The number of halogens is 1. The first kappa shape index (κ1) is 20.3. The van der Waals surface area contributed by atoms with Crippen molar-refractivity contribution in [2.45, 2.75) is 31.2 Å². The molecule has 158 valence electrons. The minimum Gasteiger partial charge on any atom is -0.357 e. The Hall–Kier alpha value is -2.60. The average molecular weight is 451 g/mol. The first-order valence-electron chi connectivity index (χ1n) is 10.3. The van der Waals surface area contributed by atoms with Crippen LogP contribution in [0.3, 0.4) is 0 Å². The second-order valence-electron chi connectivity index (χ2n) is 8.10. The first-order valence-corrected chi connectivity index (χ1v) is 12.1. The van der Waals surface area contributed by atoms with Crippen LogP contribution in [0.1, 0.15) is 34.0 Å². The smallest absolute Gasteiger partial charge is 0.244 e. The fraction of sp³-hybridized carbons (Fsp3) is 0.200. The number of benzene rings is 3. The van der Waals surface area contributed by atoms with E-state index < -0.39 is 16.1 Å². The van der Waals surface area contributed by atoms with Crippen molar-refractivity contribution in [3.05, 3.63) is 99.7 Å². The number of H-pyrrole nitrogens is 1. The lowest BCUT2D eigenvalue weighted by molar-refractivity contribution is 0.340. The van der Waals surface area contributed by atoms with Gasteiger partial charge in [0.25, 0.3) is 0 Å². The highest BCUT2D eigenvalue weighted by molar-refractivity contribution is 7.89.